The molecule has 1 aromatic rings. The van der Waals surface area contributed by atoms with Crippen molar-refractivity contribution in [1.29, 1.82) is 0 Å². The molecular weight excluding hydrogens is 228 g/mol. The second kappa shape index (κ2) is 3.99. The molecule has 0 radical (unpaired) electrons. The lowest BCUT2D eigenvalue weighted by atomic mass is 9.96. The van der Waals surface area contributed by atoms with Crippen LogP contribution in [0.25, 0.3) is 0 Å². The third-order valence-electron chi connectivity index (χ3n) is 4.08. The molecule has 0 unspecified atom stereocenters. The summed E-state index contributed by atoms with van der Waals surface area (Å²) in [7, 11) is 1.79. The van der Waals surface area contributed by atoms with Crippen LogP contribution in [0.1, 0.15) is 18.4 Å². The Morgan fingerprint density at radius 2 is 2.22 bits per heavy atom. The van der Waals surface area contributed by atoms with Crippen molar-refractivity contribution < 1.29 is 9.53 Å². The van der Waals surface area contributed by atoms with Gasteiger partial charge in [-0.1, -0.05) is 6.07 Å². The van der Waals surface area contributed by atoms with Gasteiger partial charge in [-0.15, -0.1) is 0 Å². The second-order valence-corrected chi connectivity index (χ2v) is 5.42. The number of anilines is 1. The molecule has 0 aromatic heterocycles. The largest absolute Gasteiger partial charge is 0.482 e. The van der Waals surface area contributed by atoms with Gasteiger partial charge >= 0.3 is 0 Å². The Morgan fingerprint density at radius 3 is 2.89 bits per heavy atom. The molecule has 1 saturated carbocycles. The molecule has 1 heterocycles. The van der Waals surface area contributed by atoms with Gasteiger partial charge in [0.25, 0.3) is 5.91 Å². The van der Waals surface area contributed by atoms with Gasteiger partial charge in [0, 0.05) is 7.05 Å². The molecule has 96 valence electrons. The SMILES string of the molecule is CN1C(=O)COc2ccc(CC3(CN)CC3)cc21. The average Bonchev–Trinajstić information content (AvgIpc) is 3.15. The van der Waals surface area contributed by atoms with E-state index in [0.717, 1.165) is 24.4 Å². The molecule has 4 nitrogen and oxygen atoms in total. The lowest BCUT2D eigenvalue weighted by Gasteiger charge is -2.26. The predicted molar refractivity (Wildman–Crippen MR) is 69.8 cm³/mol. The van der Waals surface area contributed by atoms with E-state index < -0.39 is 0 Å². The number of likely N-dealkylation sites (N-methyl/N-ethyl adjacent to an activating group) is 1. The van der Waals surface area contributed by atoms with Crippen molar-refractivity contribution in [3.8, 4) is 5.75 Å². The first-order valence-corrected chi connectivity index (χ1v) is 6.36. The van der Waals surface area contributed by atoms with E-state index in [9.17, 15) is 4.79 Å². The Balaban J connectivity index is 1.88. The van der Waals surface area contributed by atoms with E-state index in [0.29, 0.717) is 5.41 Å². The number of benzene rings is 1. The Labute approximate surface area is 107 Å². The molecule has 0 spiro atoms. The Kier molecular flexibility index (Phi) is 2.55. The van der Waals surface area contributed by atoms with Gasteiger partial charge in [-0.05, 0) is 48.9 Å². The molecule has 0 atom stereocenters. The Bertz CT molecular complexity index is 495. The first-order valence-electron chi connectivity index (χ1n) is 6.36. The number of carbonyl (C=O) groups is 1. The molecule has 3 rings (SSSR count). The van der Waals surface area contributed by atoms with Crippen molar-refractivity contribution in [2.24, 2.45) is 11.1 Å². The lowest BCUT2D eigenvalue weighted by molar-refractivity contribution is -0.120. The van der Waals surface area contributed by atoms with E-state index in [1.165, 1.54) is 18.4 Å². The molecule has 4 heteroatoms. The minimum atomic E-state index is -0.000361. The summed E-state index contributed by atoms with van der Waals surface area (Å²) >= 11 is 0. The number of ether oxygens (including phenoxy) is 1. The van der Waals surface area contributed by atoms with Crippen molar-refractivity contribution in [3.05, 3.63) is 23.8 Å². The molecule has 1 fully saturated rings. The van der Waals surface area contributed by atoms with Gasteiger partial charge in [0.2, 0.25) is 0 Å². The minimum Gasteiger partial charge on any atom is -0.482 e. The topological polar surface area (TPSA) is 55.6 Å². The van der Waals surface area contributed by atoms with Gasteiger partial charge in [0.15, 0.2) is 6.61 Å². The molecule has 1 amide bonds. The van der Waals surface area contributed by atoms with Gasteiger partial charge in [0.05, 0.1) is 5.69 Å². The smallest absolute Gasteiger partial charge is 0.264 e. The van der Waals surface area contributed by atoms with E-state index in [2.05, 4.69) is 12.1 Å². The van der Waals surface area contributed by atoms with Crippen LogP contribution in [0.15, 0.2) is 18.2 Å². The number of hydrogen-bond donors (Lipinski definition) is 1. The third kappa shape index (κ3) is 1.86. The van der Waals surface area contributed by atoms with Gasteiger partial charge in [-0.3, -0.25) is 4.79 Å². The highest BCUT2D eigenvalue weighted by Crippen LogP contribution is 2.48. The first kappa shape index (κ1) is 11.5. The monoisotopic (exact) mass is 246 g/mol. The number of rotatable bonds is 3. The highest BCUT2D eigenvalue weighted by atomic mass is 16.5. The molecular formula is C14H18N2O2. The molecule has 1 aliphatic carbocycles. The third-order valence-corrected chi connectivity index (χ3v) is 4.08. The van der Waals surface area contributed by atoms with E-state index >= 15 is 0 Å². The van der Waals surface area contributed by atoms with Crippen molar-refractivity contribution >= 4 is 11.6 Å². The van der Waals surface area contributed by atoms with Crippen molar-refractivity contribution in [1.82, 2.24) is 0 Å². The maximum absolute atomic E-state index is 11.6. The quantitative estimate of drug-likeness (QED) is 0.875. The summed E-state index contributed by atoms with van der Waals surface area (Å²) in [6.45, 7) is 0.880. The zero-order valence-corrected chi connectivity index (χ0v) is 10.6. The fourth-order valence-corrected chi connectivity index (χ4v) is 2.49. The summed E-state index contributed by atoms with van der Waals surface area (Å²) in [4.78, 5) is 13.3. The van der Waals surface area contributed by atoms with Crippen LogP contribution < -0.4 is 15.4 Å². The fourth-order valence-electron chi connectivity index (χ4n) is 2.49. The summed E-state index contributed by atoms with van der Waals surface area (Å²) in [6, 6.07) is 6.10. The number of nitrogens with two attached hydrogens (primary N) is 1. The molecule has 1 aromatic carbocycles. The Morgan fingerprint density at radius 1 is 1.44 bits per heavy atom. The van der Waals surface area contributed by atoms with E-state index in [1.807, 2.05) is 6.07 Å². The van der Waals surface area contributed by atoms with Crippen LogP contribution >= 0.6 is 0 Å². The number of carbonyl (C=O) groups excluding carboxylic acids is 1. The lowest BCUT2D eigenvalue weighted by Crippen LogP contribution is -2.35. The predicted octanol–water partition coefficient (Wildman–Crippen LogP) is 1.32. The molecule has 1 aliphatic heterocycles. The van der Waals surface area contributed by atoms with Gasteiger partial charge < -0.3 is 15.4 Å². The number of hydrogen-bond acceptors (Lipinski definition) is 3. The molecule has 2 N–H and O–H groups in total. The first-order chi connectivity index (χ1) is 8.63. The zero-order valence-electron chi connectivity index (χ0n) is 10.6. The van der Waals surface area contributed by atoms with Crippen LogP contribution in [0.4, 0.5) is 5.69 Å². The van der Waals surface area contributed by atoms with Crippen LogP contribution in [0.3, 0.4) is 0 Å². The summed E-state index contributed by atoms with van der Waals surface area (Å²) in [5.74, 6) is 0.790. The van der Waals surface area contributed by atoms with Crippen LogP contribution in [-0.4, -0.2) is 26.1 Å². The van der Waals surface area contributed by atoms with Gasteiger partial charge in [-0.2, -0.15) is 0 Å². The zero-order chi connectivity index (χ0) is 12.8. The Hall–Kier alpha value is -1.55. The highest BCUT2D eigenvalue weighted by Gasteiger charge is 2.41. The second-order valence-electron chi connectivity index (χ2n) is 5.42. The average molecular weight is 246 g/mol. The van der Waals surface area contributed by atoms with Crippen LogP contribution in [-0.2, 0) is 11.2 Å². The molecule has 18 heavy (non-hydrogen) atoms. The van der Waals surface area contributed by atoms with Crippen LogP contribution in [0.2, 0.25) is 0 Å². The van der Waals surface area contributed by atoms with E-state index in [-0.39, 0.29) is 12.5 Å². The molecule has 2 aliphatic rings. The summed E-state index contributed by atoms with van der Waals surface area (Å²) < 4.78 is 5.42. The maximum Gasteiger partial charge on any atom is 0.264 e. The van der Waals surface area contributed by atoms with Crippen molar-refractivity contribution in [3.63, 3.8) is 0 Å². The standard InChI is InChI=1S/C14H18N2O2/c1-16-11-6-10(7-14(9-15)4-5-14)2-3-12(11)18-8-13(16)17/h2-3,6H,4-5,7-9,15H2,1H3. The maximum atomic E-state index is 11.6. The highest BCUT2D eigenvalue weighted by molar-refractivity contribution is 5.97. The van der Waals surface area contributed by atoms with Crippen LogP contribution in [0.5, 0.6) is 5.75 Å². The summed E-state index contributed by atoms with van der Waals surface area (Å²) in [5, 5.41) is 0. The van der Waals surface area contributed by atoms with Gasteiger partial charge in [-0.25, -0.2) is 0 Å². The molecule has 0 saturated heterocycles. The molecule has 0 bridgehead atoms. The van der Waals surface area contributed by atoms with Crippen molar-refractivity contribution in [2.45, 2.75) is 19.3 Å². The number of fused-ring (bicyclic) bond motifs is 1. The van der Waals surface area contributed by atoms with Crippen LogP contribution in [0, 0.1) is 5.41 Å². The normalized spacial score (nSPS) is 20.3. The fraction of sp³-hybridized carbons (Fsp3) is 0.500. The van der Waals surface area contributed by atoms with Crippen molar-refractivity contribution in [2.75, 3.05) is 25.1 Å². The number of nitrogens with zero attached hydrogens (tertiary/aromatic N) is 1. The summed E-state index contributed by atoms with van der Waals surface area (Å²) in [5.41, 5.74) is 8.24. The summed E-state index contributed by atoms with van der Waals surface area (Å²) in [6.07, 6.45) is 3.43. The van der Waals surface area contributed by atoms with E-state index in [4.69, 9.17) is 10.5 Å². The minimum absolute atomic E-state index is 0.000361. The number of amides is 1. The van der Waals surface area contributed by atoms with E-state index in [1.54, 1.807) is 11.9 Å². The van der Waals surface area contributed by atoms with Gasteiger partial charge in [0.1, 0.15) is 5.75 Å².